The fourth-order valence-corrected chi connectivity index (χ4v) is 1.39. The molecule has 1 aromatic carbocycles. The molecule has 0 saturated carbocycles. The Balaban J connectivity index is 2.81. The maximum Gasteiger partial charge on any atom is 0.309 e. The molecule has 0 aromatic heterocycles. The van der Waals surface area contributed by atoms with E-state index in [9.17, 15) is 4.79 Å². The Morgan fingerprint density at radius 1 is 1.57 bits per heavy atom. The average molecular weight is 214 g/mol. The van der Waals surface area contributed by atoms with Gasteiger partial charge in [-0.3, -0.25) is 4.79 Å². The first-order valence-electron chi connectivity index (χ1n) is 4.21. The molecule has 14 heavy (non-hydrogen) atoms. The minimum absolute atomic E-state index is 0.237. The summed E-state index contributed by atoms with van der Waals surface area (Å²) in [6, 6.07) is 5.38. The zero-order valence-corrected chi connectivity index (χ0v) is 8.67. The molecular weight excluding hydrogens is 202 g/mol. The molecule has 0 aliphatic heterocycles. The molecule has 0 spiro atoms. The molecule has 0 amide bonds. The van der Waals surface area contributed by atoms with Crippen LogP contribution in [0.3, 0.4) is 0 Å². The summed E-state index contributed by atoms with van der Waals surface area (Å²) in [7, 11) is 1.36. The highest BCUT2D eigenvalue weighted by molar-refractivity contribution is 6.31. The summed E-state index contributed by atoms with van der Waals surface area (Å²) in [4.78, 5) is 11.0. The van der Waals surface area contributed by atoms with Crippen LogP contribution in [0.15, 0.2) is 18.2 Å². The van der Waals surface area contributed by atoms with Crippen LogP contribution in [-0.2, 0) is 22.5 Å². The van der Waals surface area contributed by atoms with Crippen LogP contribution in [0.5, 0.6) is 0 Å². The van der Waals surface area contributed by atoms with E-state index in [2.05, 4.69) is 4.74 Å². The van der Waals surface area contributed by atoms with E-state index in [1.807, 2.05) is 12.1 Å². The molecule has 0 fully saturated rings. The van der Waals surface area contributed by atoms with Crippen molar-refractivity contribution in [3.05, 3.63) is 34.3 Å². The first kappa shape index (κ1) is 11.0. The summed E-state index contributed by atoms with van der Waals surface area (Å²) >= 11 is 5.92. The second kappa shape index (κ2) is 4.98. The quantitative estimate of drug-likeness (QED) is 0.775. The number of methoxy groups -OCH3 is 1. The van der Waals surface area contributed by atoms with Crippen molar-refractivity contribution in [3.63, 3.8) is 0 Å². The fourth-order valence-electron chi connectivity index (χ4n) is 1.11. The summed E-state index contributed by atoms with van der Waals surface area (Å²) < 4.78 is 4.54. The van der Waals surface area contributed by atoms with Gasteiger partial charge in [-0.2, -0.15) is 0 Å². The number of halogens is 1. The highest BCUT2D eigenvalue weighted by Gasteiger charge is 2.05. The standard InChI is InChI=1S/C10H12ClNO2/c1-14-10(13)5-7-2-3-8(6-12)9(11)4-7/h2-4H,5-6,12H2,1H3. The van der Waals surface area contributed by atoms with E-state index >= 15 is 0 Å². The van der Waals surface area contributed by atoms with Crippen LogP contribution in [0, 0.1) is 0 Å². The van der Waals surface area contributed by atoms with Gasteiger partial charge in [0.25, 0.3) is 0 Å². The SMILES string of the molecule is COC(=O)Cc1ccc(CN)c(Cl)c1. The van der Waals surface area contributed by atoms with Crippen LogP contribution in [0.1, 0.15) is 11.1 Å². The van der Waals surface area contributed by atoms with E-state index in [4.69, 9.17) is 17.3 Å². The van der Waals surface area contributed by atoms with Gasteiger partial charge in [0.05, 0.1) is 13.5 Å². The Kier molecular flexibility index (Phi) is 3.92. The van der Waals surface area contributed by atoms with Gasteiger partial charge in [-0.05, 0) is 17.2 Å². The van der Waals surface area contributed by atoms with Gasteiger partial charge < -0.3 is 10.5 Å². The van der Waals surface area contributed by atoms with Crippen molar-refractivity contribution in [1.29, 1.82) is 0 Å². The van der Waals surface area contributed by atoms with E-state index < -0.39 is 0 Å². The number of hydrogen-bond donors (Lipinski definition) is 1. The monoisotopic (exact) mass is 213 g/mol. The van der Waals surface area contributed by atoms with E-state index in [1.165, 1.54) is 7.11 Å². The predicted octanol–water partition coefficient (Wildman–Crippen LogP) is 1.51. The lowest BCUT2D eigenvalue weighted by atomic mass is 10.1. The summed E-state index contributed by atoms with van der Waals surface area (Å²) in [5.41, 5.74) is 7.16. The van der Waals surface area contributed by atoms with Gasteiger partial charge in [0.15, 0.2) is 0 Å². The van der Waals surface area contributed by atoms with Crippen molar-refractivity contribution in [3.8, 4) is 0 Å². The van der Waals surface area contributed by atoms with Gasteiger partial charge in [-0.25, -0.2) is 0 Å². The smallest absolute Gasteiger partial charge is 0.309 e. The Morgan fingerprint density at radius 2 is 2.29 bits per heavy atom. The molecule has 0 bridgehead atoms. The number of carbonyl (C=O) groups excluding carboxylic acids is 1. The Hall–Kier alpha value is -1.06. The van der Waals surface area contributed by atoms with Crippen LogP contribution in [0.2, 0.25) is 5.02 Å². The predicted molar refractivity (Wildman–Crippen MR) is 55.1 cm³/mol. The van der Waals surface area contributed by atoms with E-state index in [-0.39, 0.29) is 12.4 Å². The second-order valence-electron chi connectivity index (χ2n) is 2.88. The Labute approximate surface area is 87.8 Å². The zero-order chi connectivity index (χ0) is 10.6. The third kappa shape index (κ3) is 2.72. The van der Waals surface area contributed by atoms with Gasteiger partial charge in [0.1, 0.15) is 0 Å². The molecule has 1 rings (SSSR count). The minimum Gasteiger partial charge on any atom is -0.469 e. The lowest BCUT2D eigenvalue weighted by Gasteiger charge is -2.04. The van der Waals surface area contributed by atoms with Crippen molar-refractivity contribution in [2.45, 2.75) is 13.0 Å². The van der Waals surface area contributed by atoms with Crippen LogP contribution >= 0.6 is 11.6 Å². The van der Waals surface area contributed by atoms with Crippen molar-refractivity contribution >= 4 is 17.6 Å². The zero-order valence-electron chi connectivity index (χ0n) is 7.92. The van der Waals surface area contributed by atoms with Gasteiger partial charge in [0.2, 0.25) is 0 Å². The van der Waals surface area contributed by atoms with E-state index in [0.29, 0.717) is 11.6 Å². The van der Waals surface area contributed by atoms with Gasteiger partial charge in [-0.15, -0.1) is 0 Å². The molecule has 0 unspecified atom stereocenters. The molecule has 0 radical (unpaired) electrons. The van der Waals surface area contributed by atoms with Crippen LogP contribution in [-0.4, -0.2) is 13.1 Å². The molecule has 1 aromatic rings. The number of ether oxygens (including phenoxy) is 1. The van der Waals surface area contributed by atoms with Crippen molar-refractivity contribution in [2.24, 2.45) is 5.73 Å². The molecule has 76 valence electrons. The number of hydrogen-bond acceptors (Lipinski definition) is 3. The second-order valence-corrected chi connectivity index (χ2v) is 3.29. The lowest BCUT2D eigenvalue weighted by molar-refractivity contribution is -0.139. The lowest BCUT2D eigenvalue weighted by Crippen LogP contribution is -2.05. The summed E-state index contributed by atoms with van der Waals surface area (Å²) in [6.07, 6.45) is 0.237. The van der Waals surface area contributed by atoms with Crippen LogP contribution in [0.25, 0.3) is 0 Å². The topological polar surface area (TPSA) is 52.3 Å². The molecule has 3 nitrogen and oxygen atoms in total. The molecule has 2 N–H and O–H groups in total. The maximum atomic E-state index is 11.0. The van der Waals surface area contributed by atoms with Crippen LogP contribution in [0.4, 0.5) is 0 Å². The van der Waals surface area contributed by atoms with E-state index in [0.717, 1.165) is 11.1 Å². The molecule has 0 atom stereocenters. The molecular formula is C10H12ClNO2. The summed E-state index contributed by atoms with van der Waals surface area (Å²) in [5.74, 6) is -0.276. The highest BCUT2D eigenvalue weighted by atomic mass is 35.5. The number of benzene rings is 1. The molecule has 0 heterocycles. The number of esters is 1. The normalized spacial score (nSPS) is 9.93. The van der Waals surface area contributed by atoms with Crippen molar-refractivity contribution in [2.75, 3.05) is 7.11 Å². The highest BCUT2D eigenvalue weighted by Crippen LogP contribution is 2.17. The summed E-state index contributed by atoms with van der Waals surface area (Å²) in [5, 5.41) is 0.592. The Morgan fingerprint density at radius 3 is 2.79 bits per heavy atom. The minimum atomic E-state index is -0.276. The summed E-state index contributed by atoms with van der Waals surface area (Å²) in [6.45, 7) is 0.400. The first-order valence-corrected chi connectivity index (χ1v) is 4.59. The third-order valence-electron chi connectivity index (χ3n) is 1.91. The molecule has 0 saturated heterocycles. The fraction of sp³-hybridized carbons (Fsp3) is 0.300. The van der Waals surface area contributed by atoms with Gasteiger partial charge in [0, 0.05) is 11.6 Å². The largest absolute Gasteiger partial charge is 0.469 e. The Bertz CT molecular complexity index is 339. The van der Waals surface area contributed by atoms with Crippen molar-refractivity contribution < 1.29 is 9.53 Å². The molecule has 0 aliphatic carbocycles. The molecule has 4 heteroatoms. The van der Waals surface area contributed by atoms with E-state index in [1.54, 1.807) is 6.07 Å². The van der Waals surface area contributed by atoms with Crippen molar-refractivity contribution in [1.82, 2.24) is 0 Å². The maximum absolute atomic E-state index is 11.0. The number of nitrogens with two attached hydrogens (primary N) is 1. The number of rotatable bonds is 3. The third-order valence-corrected chi connectivity index (χ3v) is 2.27. The number of carbonyl (C=O) groups is 1. The average Bonchev–Trinajstić information content (AvgIpc) is 2.18. The molecule has 0 aliphatic rings. The van der Waals surface area contributed by atoms with Gasteiger partial charge in [-0.1, -0.05) is 23.7 Å². The van der Waals surface area contributed by atoms with Gasteiger partial charge >= 0.3 is 5.97 Å². The van der Waals surface area contributed by atoms with Crippen LogP contribution < -0.4 is 5.73 Å². The first-order chi connectivity index (χ1) is 6.67.